The lowest BCUT2D eigenvalue weighted by molar-refractivity contribution is 0.1000. The Morgan fingerprint density at radius 1 is 1.35 bits per heavy atom. The van der Waals surface area contributed by atoms with Gasteiger partial charge in [0.05, 0.1) is 10.6 Å². The van der Waals surface area contributed by atoms with Crippen LogP contribution in [0.3, 0.4) is 0 Å². The Hall–Kier alpha value is -2.07. The van der Waals surface area contributed by atoms with Gasteiger partial charge in [0, 0.05) is 12.7 Å². The molecule has 0 bridgehead atoms. The minimum Gasteiger partial charge on any atom is -0.366 e. The molecule has 1 amide bonds. The van der Waals surface area contributed by atoms with E-state index in [0.29, 0.717) is 22.9 Å². The summed E-state index contributed by atoms with van der Waals surface area (Å²) in [6.45, 7) is 2.75. The van der Waals surface area contributed by atoms with Crippen molar-refractivity contribution in [3.63, 3.8) is 0 Å². The standard InChI is InChI=1S/C15H16ClN3O/c1-2-10-5-3-4-6-11(10)8-18-15-13(16)7-12(9-19-15)14(17)20/h3-7,9H,2,8H2,1H3,(H2,17,20)(H,18,19). The van der Waals surface area contributed by atoms with Crippen molar-refractivity contribution in [1.82, 2.24) is 4.98 Å². The second-order valence-electron chi connectivity index (χ2n) is 4.39. The highest BCUT2D eigenvalue weighted by molar-refractivity contribution is 6.33. The van der Waals surface area contributed by atoms with E-state index >= 15 is 0 Å². The molecule has 4 nitrogen and oxygen atoms in total. The minimum absolute atomic E-state index is 0.300. The minimum atomic E-state index is -0.540. The fourth-order valence-corrected chi connectivity index (χ4v) is 2.19. The Balaban J connectivity index is 2.13. The molecule has 1 heterocycles. The van der Waals surface area contributed by atoms with Crippen molar-refractivity contribution in [2.75, 3.05) is 5.32 Å². The highest BCUT2D eigenvalue weighted by Gasteiger charge is 2.07. The summed E-state index contributed by atoms with van der Waals surface area (Å²) in [7, 11) is 0. The first-order valence-corrected chi connectivity index (χ1v) is 6.75. The van der Waals surface area contributed by atoms with Gasteiger partial charge in [-0.15, -0.1) is 0 Å². The summed E-state index contributed by atoms with van der Waals surface area (Å²) in [6, 6.07) is 9.71. The molecule has 0 atom stereocenters. The summed E-state index contributed by atoms with van der Waals surface area (Å²) in [5.74, 6) is 0.00449. The van der Waals surface area contributed by atoms with Crippen LogP contribution in [0.4, 0.5) is 5.82 Å². The Morgan fingerprint density at radius 2 is 2.05 bits per heavy atom. The third-order valence-electron chi connectivity index (χ3n) is 3.07. The van der Waals surface area contributed by atoms with Crippen molar-refractivity contribution in [3.05, 3.63) is 58.2 Å². The molecule has 0 spiro atoms. The molecule has 0 fully saturated rings. The average Bonchev–Trinajstić information content (AvgIpc) is 2.46. The number of nitrogens with one attached hydrogen (secondary N) is 1. The van der Waals surface area contributed by atoms with Crippen molar-refractivity contribution in [3.8, 4) is 0 Å². The average molecular weight is 290 g/mol. The number of benzene rings is 1. The van der Waals surface area contributed by atoms with Gasteiger partial charge in [-0.25, -0.2) is 4.98 Å². The molecule has 0 saturated heterocycles. The molecular formula is C15H16ClN3O. The van der Waals surface area contributed by atoms with Gasteiger partial charge in [0.2, 0.25) is 5.91 Å². The monoisotopic (exact) mass is 289 g/mol. The lowest BCUT2D eigenvalue weighted by Crippen LogP contribution is -2.12. The zero-order chi connectivity index (χ0) is 14.5. The molecule has 104 valence electrons. The van der Waals surface area contributed by atoms with Gasteiger partial charge in [0.25, 0.3) is 0 Å². The van der Waals surface area contributed by atoms with Gasteiger partial charge in [-0.3, -0.25) is 4.79 Å². The molecule has 2 rings (SSSR count). The van der Waals surface area contributed by atoms with E-state index in [2.05, 4.69) is 29.4 Å². The van der Waals surface area contributed by atoms with Crippen LogP contribution < -0.4 is 11.1 Å². The number of amides is 1. The van der Waals surface area contributed by atoms with E-state index in [9.17, 15) is 4.79 Å². The first-order valence-electron chi connectivity index (χ1n) is 6.37. The number of carbonyl (C=O) groups is 1. The van der Waals surface area contributed by atoms with Crippen LogP contribution >= 0.6 is 11.6 Å². The number of pyridine rings is 1. The van der Waals surface area contributed by atoms with Gasteiger partial charge in [-0.1, -0.05) is 42.8 Å². The van der Waals surface area contributed by atoms with Crippen molar-refractivity contribution >= 4 is 23.3 Å². The first kappa shape index (κ1) is 14.3. The number of hydrogen-bond donors (Lipinski definition) is 2. The van der Waals surface area contributed by atoms with Crippen LogP contribution in [0.25, 0.3) is 0 Å². The van der Waals surface area contributed by atoms with Crippen molar-refractivity contribution < 1.29 is 4.79 Å². The molecule has 20 heavy (non-hydrogen) atoms. The summed E-state index contributed by atoms with van der Waals surface area (Å²) in [5, 5.41) is 3.56. The van der Waals surface area contributed by atoms with Gasteiger partial charge in [-0.2, -0.15) is 0 Å². The quantitative estimate of drug-likeness (QED) is 0.889. The molecule has 0 radical (unpaired) electrons. The Morgan fingerprint density at radius 3 is 2.65 bits per heavy atom. The SMILES string of the molecule is CCc1ccccc1CNc1ncc(C(N)=O)cc1Cl. The van der Waals surface area contributed by atoms with Crippen LogP contribution in [0.1, 0.15) is 28.4 Å². The zero-order valence-electron chi connectivity index (χ0n) is 11.2. The van der Waals surface area contributed by atoms with Gasteiger partial charge in [-0.05, 0) is 23.6 Å². The molecular weight excluding hydrogens is 274 g/mol. The smallest absolute Gasteiger partial charge is 0.250 e. The molecule has 2 aromatic rings. The lowest BCUT2D eigenvalue weighted by Gasteiger charge is -2.11. The van der Waals surface area contributed by atoms with Crippen LogP contribution in [-0.2, 0) is 13.0 Å². The summed E-state index contributed by atoms with van der Waals surface area (Å²) < 4.78 is 0. The van der Waals surface area contributed by atoms with E-state index in [0.717, 1.165) is 6.42 Å². The van der Waals surface area contributed by atoms with Crippen LogP contribution in [0.15, 0.2) is 36.5 Å². The fraction of sp³-hybridized carbons (Fsp3) is 0.200. The van der Waals surface area contributed by atoms with Crippen molar-refractivity contribution in [1.29, 1.82) is 0 Å². The summed E-state index contributed by atoms with van der Waals surface area (Å²) >= 11 is 6.08. The highest BCUT2D eigenvalue weighted by atomic mass is 35.5. The van der Waals surface area contributed by atoms with E-state index in [1.807, 2.05) is 12.1 Å². The fourth-order valence-electron chi connectivity index (χ4n) is 1.96. The number of primary amides is 1. The molecule has 1 aromatic carbocycles. The number of anilines is 1. The van der Waals surface area contributed by atoms with Crippen LogP contribution in [0.2, 0.25) is 5.02 Å². The number of aromatic nitrogens is 1. The molecule has 3 N–H and O–H groups in total. The Labute approximate surface area is 123 Å². The first-order chi connectivity index (χ1) is 9.61. The third kappa shape index (κ3) is 3.27. The van der Waals surface area contributed by atoms with E-state index in [-0.39, 0.29) is 0 Å². The number of halogens is 1. The molecule has 0 unspecified atom stereocenters. The maximum Gasteiger partial charge on any atom is 0.250 e. The number of nitrogens with zero attached hydrogens (tertiary/aromatic N) is 1. The van der Waals surface area contributed by atoms with Crippen LogP contribution in [0.5, 0.6) is 0 Å². The van der Waals surface area contributed by atoms with E-state index < -0.39 is 5.91 Å². The van der Waals surface area contributed by atoms with Gasteiger partial charge in [0.15, 0.2) is 0 Å². The van der Waals surface area contributed by atoms with Crippen LogP contribution in [-0.4, -0.2) is 10.9 Å². The maximum absolute atomic E-state index is 11.0. The van der Waals surface area contributed by atoms with Crippen molar-refractivity contribution in [2.45, 2.75) is 19.9 Å². The Bertz CT molecular complexity index is 628. The largest absolute Gasteiger partial charge is 0.366 e. The van der Waals surface area contributed by atoms with Gasteiger partial charge in [0.1, 0.15) is 5.82 Å². The Kier molecular flexibility index (Phi) is 4.58. The number of rotatable bonds is 5. The van der Waals surface area contributed by atoms with Gasteiger partial charge < -0.3 is 11.1 Å². The second kappa shape index (κ2) is 6.39. The predicted octanol–water partition coefficient (Wildman–Crippen LogP) is 3.01. The number of carbonyl (C=O) groups excluding carboxylic acids is 1. The van der Waals surface area contributed by atoms with E-state index in [4.69, 9.17) is 17.3 Å². The van der Waals surface area contributed by atoms with E-state index in [1.165, 1.54) is 23.4 Å². The summed E-state index contributed by atoms with van der Waals surface area (Å²) in [5.41, 5.74) is 7.96. The predicted molar refractivity (Wildman–Crippen MR) is 80.9 cm³/mol. The topological polar surface area (TPSA) is 68.0 Å². The molecule has 0 aliphatic rings. The highest BCUT2D eigenvalue weighted by Crippen LogP contribution is 2.21. The maximum atomic E-state index is 11.0. The summed E-state index contributed by atoms with van der Waals surface area (Å²) in [6.07, 6.45) is 2.39. The van der Waals surface area contributed by atoms with Crippen LogP contribution in [0, 0.1) is 0 Å². The normalized spacial score (nSPS) is 10.3. The molecule has 1 aromatic heterocycles. The molecule has 0 aliphatic heterocycles. The number of nitrogens with two attached hydrogens (primary N) is 1. The molecule has 0 aliphatic carbocycles. The summed E-state index contributed by atoms with van der Waals surface area (Å²) in [4.78, 5) is 15.2. The number of aryl methyl sites for hydroxylation is 1. The second-order valence-corrected chi connectivity index (χ2v) is 4.80. The lowest BCUT2D eigenvalue weighted by atomic mass is 10.1. The number of hydrogen-bond acceptors (Lipinski definition) is 3. The third-order valence-corrected chi connectivity index (χ3v) is 3.36. The van der Waals surface area contributed by atoms with E-state index in [1.54, 1.807) is 0 Å². The molecule has 0 saturated carbocycles. The van der Waals surface area contributed by atoms with Gasteiger partial charge >= 0.3 is 0 Å². The zero-order valence-corrected chi connectivity index (χ0v) is 11.9. The molecule has 5 heteroatoms. The van der Waals surface area contributed by atoms with Crippen molar-refractivity contribution in [2.24, 2.45) is 5.73 Å².